The Hall–Kier alpha value is -2.57. The fraction of sp³-hybridized carbons (Fsp3) is 0.438. The molecule has 1 fully saturated rings. The Morgan fingerprint density at radius 3 is 2.61 bits per heavy atom. The minimum Gasteiger partial charge on any atom is -0.462 e. The number of hydrogen-bond donors (Lipinski definition) is 1. The second kappa shape index (κ2) is 7.62. The largest absolute Gasteiger partial charge is 0.462 e. The van der Waals surface area contributed by atoms with Crippen LogP contribution < -0.4 is 5.32 Å². The van der Waals surface area contributed by atoms with Crippen molar-refractivity contribution in [2.75, 3.05) is 25.0 Å². The number of ether oxygens (including phenoxy) is 1. The molecular weight excluding hydrogens is 298 g/mol. The van der Waals surface area contributed by atoms with Gasteiger partial charge in [0.05, 0.1) is 12.2 Å². The quantitative estimate of drug-likeness (QED) is 0.863. The molecule has 1 aliphatic rings. The van der Waals surface area contributed by atoms with E-state index >= 15 is 0 Å². The number of nitrogens with one attached hydrogen (secondary N) is 1. The molecule has 1 N–H and O–H groups in total. The van der Waals surface area contributed by atoms with Gasteiger partial charge in [0.1, 0.15) is 0 Å². The van der Waals surface area contributed by atoms with Gasteiger partial charge in [0.25, 0.3) is 0 Å². The molecule has 0 saturated carbocycles. The van der Waals surface area contributed by atoms with Crippen molar-refractivity contribution < 1.29 is 19.1 Å². The second-order valence-electron chi connectivity index (χ2n) is 5.08. The fourth-order valence-electron chi connectivity index (χ4n) is 2.39. The number of rotatable bonds is 4. The molecule has 0 atom stereocenters. The number of hydrogen-bond acceptors (Lipinski definition) is 4. The highest BCUT2D eigenvalue weighted by Gasteiger charge is 2.29. The van der Waals surface area contributed by atoms with Crippen LogP contribution in [0.1, 0.15) is 37.0 Å². The topological polar surface area (TPSA) is 79.0 Å². The summed E-state index contributed by atoms with van der Waals surface area (Å²) in [6.45, 7) is 4.82. The maximum Gasteiger partial charge on any atom is 0.340 e. The van der Waals surface area contributed by atoms with Gasteiger partial charge >= 0.3 is 12.0 Å². The molecule has 0 aliphatic carbocycles. The van der Waals surface area contributed by atoms with Crippen LogP contribution in [0.15, 0.2) is 24.3 Å². The smallest absolute Gasteiger partial charge is 0.340 e. The van der Waals surface area contributed by atoms with Gasteiger partial charge in [-0.1, -0.05) is 13.0 Å². The summed E-state index contributed by atoms with van der Waals surface area (Å²) in [4.78, 5) is 35.9. The van der Waals surface area contributed by atoms with E-state index in [1.165, 1.54) is 10.0 Å². The third-order valence-electron chi connectivity index (χ3n) is 3.48. The lowest BCUT2D eigenvalue weighted by Gasteiger charge is -2.27. The van der Waals surface area contributed by atoms with Gasteiger partial charge in [-0.3, -0.25) is 9.80 Å². The average molecular weight is 319 g/mol. The molecule has 0 aromatic heterocycles. The van der Waals surface area contributed by atoms with Gasteiger partial charge in [0.2, 0.25) is 5.91 Å². The second-order valence-corrected chi connectivity index (χ2v) is 5.08. The fourth-order valence-corrected chi connectivity index (χ4v) is 2.39. The molecule has 2 rings (SSSR count). The Balaban J connectivity index is 2.06. The highest BCUT2D eigenvalue weighted by Crippen LogP contribution is 2.16. The van der Waals surface area contributed by atoms with E-state index in [0.29, 0.717) is 30.8 Å². The van der Waals surface area contributed by atoms with Gasteiger partial charge in [0, 0.05) is 25.2 Å². The van der Waals surface area contributed by atoms with Gasteiger partial charge in [-0.05, 0) is 31.5 Å². The van der Waals surface area contributed by atoms with E-state index in [2.05, 4.69) is 5.32 Å². The predicted molar refractivity (Wildman–Crippen MR) is 84.7 cm³/mol. The summed E-state index contributed by atoms with van der Waals surface area (Å²) in [5.74, 6) is -0.523. The third-order valence-corrected chi connectivity index (χ3v) is 3.48. The Morgan fingerprint density at radius 1 is 1.17 bits per heavy atom. The number of carbonyl (C=O) groups is 3. The first-order valence-corrected chi connectivity index (χ1v) is 7.72. The van der Waals surface area contributed by atoms with Crippen LogP contribution in [0.25, 0.3) is 0 Å². The number of amides is 3. The molecule has 3 amide bonds. The van der Waals surface area contributed by atoms with Crippen molar-refractivity contribution in [2.45, 2.75) is 26.7 Å². The maximum atomic E-state index is 12.4. The number of nitrogens with zero attached hydrogens (tertiary/aromatic N) is 2. The first-order chi connectivity index (χ1) is 11.1. The van der Waals surface area contributed by atoms with Crippen molar-refractivity contribution >= 4 is 23.6 Å². The van der Waals surface area contributed by atoms with E-state index in [1.807, 2.05) is 0 Å². The van der Waals surface area contributed by atoms with Gasteiger partial charge in [-0.25, -0.2) is 14.6 Å². The number of carbonyl (C=O) groups excluding carboxylic acids is 3. The first-order valence-electron chi connectivity index (χ1n) is 7.72. The van der Waals surface area contributed by atoms with Crippen LogP contribution in [0.2, 0.25) is 0 Å². The normalized spacial score (nSPS) is 13.8. The van der Waals surface area contributed by atoms with E-state index in [1.54, 1.807) is 38.1 Å². The standard InChI is InChI=1S/C16H21N3O4/c1-3-14(20)18-9-6-10-19(18)16(22)17-13-8-5-7-12(11-13)15(21)23-4-2/h5,7-8,11H,3-4,6,9-10H2,1-2H3,(H,17,22). The minimum absolute atomic E-state index is 0.0853. The molecule has 1 aromatic carbocycles. The molecule has 1 aliphatic heterocycles. The van der Waals surface area contributed by atoms with E-state index in [0.717, 1.165) is 6.42 Å². The van der Waals surface area contributed by atoms with Crippen LogP contribution in [0.4, 0.5) is 10.5 Å². The van der Waals surface area contributed by atoms with Crippen LogP contribution in [0.3, 0.4) is 0 Å². The first kappa shape index (κ1) is 16.8. The highest BCUT2D eigenvalue weighted by molar-refractivity contribution is 5.94. The van der Waals surface area contributed by atoms with Crippen molar-refractivity contribution in [1.29, 1.82) is 0 Å². The lowest BCUT2D eigenvalue weighted by atomic mass is 10.2. The number of esters is 1. The Kier molecular flexibility index (Phi) is 5.56. The Morgan fingerprint density at radius 2 is 1.91 bits per heavy atom. The molecule has 0 radical (unpaired) electrons. The van der Waals surface area contributed by atoms with E-state index < -0.39 is 5.97 Å². The predicted octanol–water partition coefficient (Wildman–Crippen LogP) is 2.25. The number of hydrazine groups is 1. The van der Waals surface area contributed by atoms with Gasteiger partial charge < -0.3 is 10.1 Å². The number of anilines is 1. The summed E-state index contributed by atoms with van der Waals surface area (Å²) in [7, 11) is 0. The third kappa shape index (κ3) is 4.00. The summed E-state index contributed by atoms with van der Waals surface area (Å²) in [5, 5.41) is 5.58. The molecule has 124 valence electrons. The highest BCUT2D eigenvalue weighted by atomic mass is 16.5. The number of urea groups is 1. The number of benzene rings is 1. The molecule has 1 saturated heterocycles. The summed E-state index contributed by atoms with van der Waals surface area (Å²) in [6, 6.07) is 6.14. The van der Waals surface area contributed by atoms with Gasteiger partial charge in [-0.2, -0.15) is 0 Å². The van der Waals surface area contributed by atoms with Crippen molar-refractivity contribution in [2.24, 2.45) is 0 Å². The molecular formula is C16H21N3O4. The maximum absolute atomic E-state index is 12.4. The Bertz CT molecular complexity index is 603. The van der Waals surface area contributed by atoms with Crippen LogP contribution in [-0.4, -0.2) is 47.6 Å². The summed E-state index contributed by atoms with van der Waals surface area (Å²) in [6.07, 6.45) is 1.10. The lowest BCUT2D eigenvalue weighted by molar-refractivity contribution is -0.139. The van der Waals surface area contributed by atoms with E-state index in [9.17, 15) is 14.4 Å². The summed E-state index contributed by atoms with van der Waals surface area (Å²) < 4.78 is 4.94. The molecule has 7 nitrogen and oxygen atoms in total. The van der Waals surface area contributed by atoms with Crippen LogP contribution in [-0.2, 0) is 9.53 Å². The zero-order valence-corrected chi connectivity index (χ0v) is 13.4. The summed E-state index contributed by atoms with van der Waals surface area (Å²) in [5.41, 5.74) is 0.851. The molecule has 0 unspecified atom stereocenters. The Labute approximate surface area is 135 Å². The van der Waals surface area contributed by atoms with Crippen LogP contribution in [0, 0.1) is 0 Å². The SMILES string of the molecule is CCOC(=O)c1cccc(NC(=O)N2CCCN2C(=O)CC)c1. The van der Waals surface area contributed by atoms with Crippen molar-refractivity contribution in [3.8, 4) is 0 Å². The van der Waals surface area contributed by atoms with Gasteiger partial charge in [-0.15, -0.1) is 0 Å². The molecule has 23 heavy (non-hydrogen) atoms. The molecule has 0 bridgehead atoms. The van der Waals surface area contributed by atoms with Crippen molar-refractivity contribution in [1.82, 2.24) is 10.0 Å². The van der Waals surface area contributed by atoms with Crippen LogP contribution in [0.5, 0.6) is 0 Å². The van der Waals surface area contributed by atoms with Crippen molar-refractivity contribution in [3.05, 3.63) is 29.8 Å². The monoisotopic (exact) mass is 319 g/mol. The van der Waals surface area contributed by atoms with E-state index in [-0.39, 0.29) is 18.5 Å². The summed E-state index contributed by atoms with van der Waals surface area (Å²) >= 11 is 0. The zero-order chi connectivity index (χ0) is 16.8. The molecule has 0 spiro atoms. The van der Waals surface area contributed by atoms with Gasteiger partial charge in [0.15, 0.2) is 0 Å². The average Bonchev–Trinajstić information content (AvgIpc) is 3.04. The van der Waals surface area contributed by atoms with Crippen LogP contribution >= 0.6 is 0 Å². The molecule has 1 heterocycles. The lowest BCUT2D eigenvalue weighted by Crippen LogP contribution is -2.46. The molecule has 1 aromatic rings. The van der Waals surface area contributed by atoms with Crippen molar-refractivity contribution in [3.63, 3.8) is 0 Å². The zero-order valence-electron chi connectivity index (χ0n) is 13.4. The van der Waals surface area contributed by atoms with E-state index in [4.69, 9.17) is 4.74 Å². The molecule has 7 heteroatoms. The minimum atomic E-state index is -0.437.